The first-order valence-electron chi connectivity index (χ1n) is 5.12. The van der Waals surface area contributed by atoms with Crippen molar-refractivity contribution in [1.29, 1.82) is 0 Å². The van der Waals surface area contributed by atoms with E-state index in [1.54, 1.807) is 12.1 Å². The maximum absolute atomic E-state index is 11.5. The molecular weight excluding hydrogens is 222 g/mol. The van der Waals surface area contributed by atoms with Gasteiger partial charge in [0.2, 0.25) is 0 Å². The number of aliphatic imine (C=N–C) groups is 1. The Kier molecular flexibility index (Phi) is 4.80. The van der Waals surface area contributed by atoms with Crippen LogP contribution in [0.2, 0.25) is 0 Å². The Balaban J connectivity index is 2.36. The number of para-hydroxylation sites is 1. The van der Waals surface area contributed by atoms with Crippen molar-refractivity contribution in [2.45, 2.75) is 6.42 Å². The second kappa shape index (κ2) is 6.37. The van der Waals surface area contributed by atoms with E-state index in [-0.39, 0.29) is 23.9 Å². The van der Waals surface area contributed by atoms with Gasteiger partial charge >= 0.3 is 5.97 Å². The predicted octanol–water partition coefficient (Wildman–Crippen LogP) is 0.212. The molecule has 0 bridgehead atoms. The van der Waals surface area contributed by atoms with Crippen LogP contribution < -0.4 is 11.5 Å². The standard InChI is InChI=1S/C11H15N3O3/c12-11(13)14-6-3-7-17-10(16)8-4-1-2-5-9(8)15/h1-2,4-5,15H,3,6-7H2,(H4,12,13,14). The third-order valence-corrected chi connectivity index (χ3v) is 1.95. The Labute approximate surface area is 98.9 Å². The molecule has 17 heavy (non-hydrogen) atoms. The second-order valence-corrected chi connectivity index (χ2v) is 3.31. The molecule has 0 radical (unpaired) electrons. The molecule has 0 unspecified atom stereocenters. The molecule has 0 saturated heterocycles. The molecule has 6 heteroatoms. The number of hydrogen-bond acceptors (Lipinski definition) is 4. The Morgan fingerprint density at radius 2 is 2.06 bits per heavy atom. The number of carbonyl (C=O) groups is 1. The summed E-state index contributed by atoms with van der Waals surface area (Å²) >= 11 is 0. The molecule has 0 aliphatic rings. The van der Waals surface area contributed by atoms with Gasteiger partial charge in [0.05, 0.1) is 6.61 Å². The summed E-state index contributed by atoms with van der Waals surface area (Å²) in [6, 6.07) is 6.20. The smallest absolute Gasteiger partial charge is 0.341 e. The zero-order valence-electron chi connectivity index (χ0n) is 9.30. The first-order chi connectivity index (χ1) is 8.11. The zero-order chi connectivity index (χ0) is 12.7. The van der Waals surface area contributed by atoms with Gasteiger partial charge in [-0.05, 0) is 12.1 Å². The van der Waals surface area contributed by atoms with Gasteiger partial charge in [-0.1, -0.05) is 12.1 Å². The first kappa shape index (κ1) is 12.8. The van der Waals surface area contributed by atoms with Crippen LogP contribution >= 0.6 is 0 Å². The number of esters is 1. The fraction of sp³-hybridized carbons (Fsp3) is 0.273. The number of phenols is 1. The molecular formula is C11H15N3O3. The molecule has 92 valence electrons. The van der Waals surface area contributed by atoms with Crippen molar-refractivity contribution >= 4 is 11.9 Å². The van der Waals surface area contributed by atoms with E-state index in [0.717, 1.165) is 0 Å². The second-order valence-electron chi connectivity index (χ2n) is 3.31. The first-order valence-corrected chi connectivity index (χ1v) is 5.12. The van der Waals surface area contributed by atoms with Crippen LogP contribution in [0.5, 0.6) is 5.75 Å². The largest absolute Gasteiger partial charge is 0.507 e. The molecule has 0 aromatic heterocycles. The quantitative estimate of drug-likeness (QED) is 0.293. The minimum atomic E-state index is -0.562. The summed E-state index contributed by atoms with van der Waals surface area (Å²) in [6.45, 7) is 0.598. The molecule has 5 N–H and O–H groups in total. The number of rotatable bonds is 5. The van der Waals surface area contributed by atoms with Crippen LogP contribution in [0.3, 0.4) is 0 Å². The SMILES string of the molecule is NC(N)=NCCCOC(=O)c1ccccc1O. The van der Waals surface area contributed by atoms with Crippen LogP contribution in [-0.4, -0.2) is 30.2 Å². The van der Waals surface area contributed by atoms with Crippen LogP contribution in [0.1, 0.15) is 16.8 Å². The minimum Gasteiger partial charge on any atom is -0.507 e. The van der Waals surface area contributed by atoms with Crippen LogP contribution in [0.25, 0.3) is 0 Å². The van der Waals surface area contributed by atoms with Crippen LogP contribution in [0, 0.1) is 0 Å². The molecule has 1 rings (SSSR count). The number of phenolic OH excluding ortho intramolecular Hbond substituents is 1. The summed E-state index contributed by atoms with van der Waals surface area (Å²) in [5.74, 6) is -0.647. The number of carbonyl (C=O) groups excluding carboxylic acids is 1. The van der Waals surface area contributed by atoms with E-state index >= 15 is 0 Å². The van der Waals surface area contributed by atoms with Gasteiger partial charge in [0.25, 0.3) is 0 Å². The zero-order valence-corrected chi connectivity index (χ0v) is 9.30. The average Bonchev–Trinajstić information content (AvgIpc) is 2.28. The molecule has 0 saturated carbocycles. The summed E-state index contributed by atoms with van der Waals surface area (Å²) < 4.78 is 4.94. The lowest BCUT2D eigenvalue weighted by atomic mass is 10.2. The number of guanidine groups is 1. The van der Waals surface area contributed by atoms with Crippen molar-refractivity contribution in [2.24, 2.45) is 16.5 Å². The maximum atomic E-state index is 11.5. The van der Waals surface area contributed by atoms with Gasteiger partial charge in [0.1, 0.15) is 11.3 Å². The highest BCUT2D eigenvalue weighted by Crippen LogP contribution is 2.16. The van der Waals surface area contributed by atoms with Crippen molar-refractivity contribution < 1.29 is 14.6 Å². The highest BCUT2D eigenvalue weighted by Gasteiger charge is 2.10. The topological polar surface area (TPSA) is 111 Å². The molecule has 0 amide bonds. The summed E-state index contributed by atoms with van der Waals surface area (Å²) in [5, 5.41) is 9.40. The van der Waals surface area contributed by atoms with E-state index in [2.05, 4.69) is 4.99 Å². The van der Waals surface area contributed by atoms with E-state index in [9.17, 15) is 9.90 Å². The molecule has 0 heterocycles. The van der Waals surface area contributed by atoms with Crippen LogP contribution in [0.4, 0.5) is 0 Å². The molecule has 1 aromatic rings. The summed E-state index contributed by atoms with van der Waals surface area (Å²) in [7, 11) is 0. The summed E-state index contributed by atoms with van der Waals surface area (Å²) in [6.07, 6.45) is 0.525. The lowest BCUT2D eigenvalue weighted by Crippen LogP contribution is -2.23. The van der Waals surface area contributed by atoms with Gasteiger partial charge < -0.3 is 21.3 Å². The van der Waals surface area contributed by atoms with Gasteiger partial charge in [-0.15, -0.1) is 0 Å². The Morgan fingerprint density at radius 1 is 1.35 bits per heavy atom. The van der Waals surface area contributed by atoms with E-state index < -0.39 is 5.97 Å². The van der Waals surface area contributed by atoms with Crippen molar-refractivity contribution in [2.75, 3.05) is 13.2 Å². The fourth-order valence-corrected chi connectivity index (χ4v) is 1.16. The Bertz CT molecular complexity index is 414. The maximum Gasteiger partial charge on any atom is 0.341 e. The fourth-order valence-electron chi connectivity index (χ4n) is 1.16. The Hall–Kier alpha value is -2.24. The lowest BCUT2D eigenvalue weighted by molar-refractivity contribution is 0.0500. The normalized spacial score (nSPS) is 9.65. The van der Waals surface area contributed by atoms with Crippen molar-refractivity contribution in [3.8, 4) is 5.75 Å². The van der Waals surface area contributed by atoms with E-state index in [0.29, 0.717) is 13.0 Å². The van der Waals surface area contributed by atoms with Gasteiger partial charge in [-0.2, -0.15) is 0 Å². The number of nitrogens with two attached hydrogens (primary N) is 2. The van der Waals surface area contributed by atoms with E-state index in [1.807, 2.05) is 0 Å². The minimum absolute atomic E-state index is 0.0111. The average molecular weight is 237 g/mol. The molecule has 0 spiro atoms. The molecule has 0 aliphatic carbocycles. The van der Waals surface area contributed by atoms with Crippen LogP contribution in [0.15, 0.2) is 29.3 Å². The summed E-state index contributed by atoms with van der Waals surface area (Å²) in [4.78, 5) is 15.2. The highest BCUT2D eigenvalue weighted by atomic mass is 16.5. The highest BCUT2D eigenvalue weighted by molar-refractivity contribution is 5.92. The molecule has 1 aromatic carbocycles. The summed E-state index contributed by atoms with van der Waals surface area (Å²) in [5.41, 5.74) is 10.4. The molecule has 6 nitrogen and oxygen atoms in total. The van der Waals surface area contributed by atoms with E-state index in [1.165, 1.54) is 12.1 Å². The molecule has 0 aliphatic heterocycles. The lowest BCUT2D eigenvalue weighted by Gasteiger charge is -2.05. The van der Waals surface area contributed by atoms with Crippen molar-refractivity contribution in [1.82, 2.24) is 0 Å². The van der Waals surface area contributed by atoms with Gasteiger partial charge in [-0.3, -0.25) is 4.99 Å². The third kappa shape index (κ3) is 4.42. The van der Waals surface area contributed by atoms with Crippen molar-refractivity contribution in [3.05, 3.63) is 29.8 Å². The number of benzene rings is 1. The predicted molar refractivity (Wildman–Crippen MR) is 63.7 cm³/mol. The Morgan fingerprint density at radius 3 is 2.71 bits per heavy atom. The van der Waals surface area contributed by atoms with E-state index in [4.69, 9.17) is 16.2 Å². The molecule has 0 atom stereocenters. The number of hydrogen-bond donors (Lipinski definition) is 3. The van der Waals surface area contributed by atoms with Gasteiger partial charge in [-0.25, -0.2) is 4.79 Å². The monoisotopic (exact) mass is 237 g/mol. The van der Waals surface area contributed by atoms with Gasteiger partial charge in [0.15, 0.2) is 5.96 Å². The molecule has 0 fully saturated rings. The van der Waals surface area contributed by atoms with Gasteiger partial charge in [0, 0.05) is 13.0 Å². The number of nitrogens with zero attached hydrogens (tertiary/aromatic N) is 1. The van der Waals surface area contributed by atoms with Crippen LogP contribution in [-0.2, 0) is 4.74 Å². The third-order valence-electron chi connectivity index (χ3n) is 1.95. The number of aromatic hydroxyl groups is 1. The van der Waals surface area contributed by atoms with Crippen molar-refractivity contribution in [3.63, 3.8) is 0 Å². The number of ether oxygens (including phenoxy) is 1.